The van der Waals surface area contributed by atoms with E-state index in [1.807, 2.05) is 31.2 Å². The number of rotatable bonds is 6. The molecule has 2 aromatic carbocycles. The molecule has 9 heteroatoms. The lowest BCUT2D eigenvalue weighted by atomic mass is 10.1. The predicted molar refractivity (Wildman–Crippen MR) is 108 cm³/mol. The third kappa shape index (κ3) is 4.55. The van der Waals surface area contributed by atoms with E-state index in [1.54, 1.807) is 4.57 Å². The Hall–Kier alpha value is -3.36. The van der Waals surface area contributed by atoms with E-state index in [9.17, 15) is 22.8 Å². The van der Waals surface area contributed by atoms with Crippen molar-refractivity contribution in [2.75, 3.05) is 0 Å². The van der Waals surface area contributed by atoms with Crippen LogP contribution in [0, 0.1) is 6.92 Å². The third-order valence-electron chi connectivity index (χ3n) is 5.18. The summed E-state index contributed by atoms with van der Waals surface area (Å²) in [5.74, 6) is -0.0994. The molecular weight excluding hydrogens is 409 g/mol. The SMILES string of the molecule is Cc1ccc(-c2nn(CC(=O)NCc3ccccc3C(F)(F)F)c(=O)n2C2CC2)cc1. The van der Waals surface area contributed by atoms with Gasteiger partial charge in [0.2, 0.25) is 5.91 Å². The van der Waals surface area contributed by atoms with Gasteiger partial charge in [0, 0.05) is 18.2 Å². The van der Waals surface area contributed by atoms with Gasteiger partial charge in [-0.3, -0.25) is 9.36 Å². The molecule has 1 aliphatic carbocycles. The number of hydrogen-bond acceptors (Lipinski definition) is 3. The van der Waals surface area contributed by atoms with Gasteiger partial charge < -0.3 is 5.32 Å². The molecule has 6 nitrogen and oxygen atoms in total. The summed E-state index contributed by atoms with van der Waals surface area (Å²) in [7, 11) is 0. The Kier molecular flexibility index (Phi) is 5.43. The second-order valence-electron chi connectivity index (χ2n) is 7.66. The summed E-state index contributed by atoms with van der Waals surface area (Å²) in [6.07, 6.45) is -2.78. The van der Waals surface area contributed by atoms with Crippen LogP contribution in [0.2, 0.25) is 0 Å². The van der Waals surface area contributed by atoms with Gasteiger partial charge in [0.1, 0.15) is 6.54 Å². The van der Waals surface area contributed by atoms with Gasteiger partial charge in [0.05, 0.1) is 5.56 Å². The summed E-state index contributed by atoms with van der Waals surface area (Å²) in [5.41, 5.74) is 0.602. The van der Waals surface area contributed by atoms with E-state index in [0.29, 0.717) is 5.82 Å². The molecule has 0 spiro atoms. The molecule has 3 aromatic rings. The number of benzene rings is 2. The molecular formula is C22H21F3N4O2. The van der Waals surface area contributed by atoms with Crippen molar-refractivity contribution in [1.29, 1.82) is 0 Å². The molecule has 1 saturated carbocycles. The lowest BCUT2D eigenvalue weighted by Crippen LogP contribution is -2.33. The number of aromatic nitrogens is 3. The number of carbonyl (C=O) groups is 1. The van der Waals surface area contributed by atoms with Crippen molar-refractivity contribution < 1.29 is 18.0 Å². The molecule has 0 atom stereocenters. The molecule has 1 aliphatic rings. The van der Waals surface area contributed by atoms with E-state index in [4.69, 9.17) is 0 Å². The van der Waals surface area contributed by atoms with Crippen molar-refractivity contribution in [2.24, 2.45) is 0 Å². The number of nitrogens with one attached hydrogen (secondary N) is 1. The Morgan fingerprint density at radius 1 is 1.13 bits per heavy atom. The van der Waals surface area contributed by atoms with Crippen molar-refractivity contribution in [2.45, 2.75) is 45.1 Å². The van der Waals surface area contributed by atoms with Gasteiger partial charge >= 0.3 is 11.9 Å². The molecule has 1 amide bonds. The molecule has 4 rings (SSSR count). The molecule has 1 heterocycles. The first-order valence-electron chi connectivity index (χ1n) is 9.92. The van der Waals surface area contributed by atoms with Gasteiger partial charge in [-0.05, 0) is 31.4 Å². The monoisotopic (exact) mass is 430 g/mol. The average molecular weight is 430 g/mol. The fourth-order valence-electron chi connectivity index (χ4n) is 3.42. The Balaban J connectivity index is 1.52. The molecule has 0 saturated heterocycles. The van der Waals surface area contributed by atoms with Gasteiger partial charge in [-0.15, -0.1) is 5.10 Å². The van der Waals surface area contributed by atoms with Crippen LogP contribution >= 0.6 is 0 Å². The van der Waals surface area contributed by atoms with Crippen LogP contribution in [0.5, 0.6) is 0 Å². The fourth-order valence-corrected chi connectivity index (χ4v) is 3.42. The fraction of sp³-hybridized carbons (Fsp3) is 0.318. The van der Waals surface area contributed by atoms with E-state index >= 15 is 0 Å². The first-order chi connectivity index (χ1) is 14.7. The van der Waals surface area contributed by atoms with Crippen LogP contribution in [0.3, 0.4) is 0 Å². The number of nitrogens with zero attached hydrogens (tertiary/aromatic N) is 3. The largest absolute Gasteiger partial charge is 0.416 e. The quantitative estimate of drug-likeness (QED) is 0.649. The highest BCUT2D eigenvalue weighted by molar-refractivity contribution is 5.75. The van der Waals surface area contributed by atoms with Crippen molar-refractivity contribution in [1.82, 2.24) is 19.7 Å². The number of aryl methyl sites for hydroxylation is 1. The molecule has 1 aromatic heterocycles. The minimum absolute atomic E-state index is 0.0421. The van der Waals surface area contributed by atoms with E-state index in [2.05, 4.69) is 10.4 Å². The van der Waals surface area contributed by atoms with Crippen molar-refractivity contribution in [3.05, 3.63) is 75.7 Å². The third-order valence-corrected chi connectivity index (χ3v) is 5.18. The Bertz CT molecular complexity index is 1160. The highest BCUT2D eigenvalue weighted by Crippen LogP contribution is 2.36. The molecule has 1 fully saturated rings. The molecule has 0 bridgehead atoms. The molecule has 0 unspecified atom stereocenters. The first kappa shape index (κ1) is 20.9. The van der Waals surface area contributed by atoms with Crippen LogP contribution < -0.4 is 11.0 Å². The maximum absolute atomic E-state index is 13.1. The van der Waals surface area contributed by atoms with Crippen LogP contribution in [-0.4, -0.2) is 20.3 Å². The highest BCUT2D eigenvalue weighted by Gasteiger charge is 2.33. The van der Waals surface area contributed by atoms with E-state index in [-0.39, 0.29) is 24.7 Å². The molecule has 0 radical (unpaired) electrons. The summed E-state index contributed by atoms with van der Waals surface area (Å²) in [6, 6.07) is 12.7. The van der Waals surface area contributed by atoms with Gasteiger partial charge in [-0.1, -0.05) is 48.0 Å². The van der Waals surface area contributed by atoms with Crippen LogP contribution in [0.25, 0.3) is 11.4 Å². The second-order valence-corrected chi connectivity index (χ2v) is 7.66. The summed E-state index contributed by atoms with van der Waals surface area (Å²) in [6.45, 7) is 1.29. The molecule has 162 valence electrons. The second kappa shape index (κ2) is 8.05. The zero-order valence-electron chi connectivity index (χ0n) is 16.8. The number of hydrogen-bond donors (Lipinski definition) is 1. The van der Waals surface area contributed by atoms with E-state index < -0.39 is 23.3 Å². The number of carbonyl (C=O) groups excluding carboxylic acids is 1. The normalized spacial score (nSPS) is 13.9. The maximum atomic E-state index is 13.1. The van der Waals surface area contributed by atoms with E-state index in [0.717, 1.165) is 34.7 Å². The van der Waals surface area contributed by atoms with Crippen LogP contribution in [0.4, 0.5) is 13.2 Å². The Labute approximate surface area is 176 Å². The summed E-state index contributed by atoms with van der Waals surface area (Å²) in [5, 5.41) is 6.81. The maximum Gasteiger partial charge on any atom is 0.416 e. The summed E-state index contributed by atoms with van der Waals surface area (Å²) in [4.78, 5) is 25.2. The summed E-state index contributed by atoms with van der Waals surface area (Å²) < 4.78 is 42.0. The van der Waals surface area contributed by atoms with Gasteiger partial charge in [0.15, 0.2) is 5.82 Å². The molecule has 1 N–H and O–H groups in total. The Morgan fingerprint density at radius 2 is 1.81 bits per heavy atom. The lowest BCUT2D eigenvalue weighted by molar-refractivity contribution is -0.138. The van der Waals surface area contributed by atoms with Gasteiger partial charge in [0.25, 0.3) is 0 Å². The number of halogens is 3. The first-order valence-corrected chi connectivity index (χ1v) is 9.92. The number of amides is 1. The van der Waals surface area contributed by atoms with Crippen molar-refractivity contribution in [3.63, 3.8) is 0 Å². The smallest absolute Gasteiger partial charge is 0.350 e. The summed E-state index contributed by atoms with van der Waals surface area (Å²) >= 11 is 0. The number of alkyl halides is 3. The highest BCUT2D eigenvalue weighted by atomic mass is 19.4. The zero-order valence-corrected chi connectivity index (χ0v) is 16.8. The average Bonchev–Trinajstić information content (AvgIpc) is 3.51. The minimum Gasteiger partial charge on any atom is -0.350 e. The van der Waals surface area contributed by atoms with Crippen LogP contribution in [0.1, 0.15) is 35.6 Å². The molecule has 31 heavy (non-hydrogen) atoms. The van der Waals surface area contributed by atoms with Crippen LogP contribution in [-0.2, 0) is 24.1 Å². The van der Waals surface area contributed by atoms with Gasteiger partial charge in [-0.2, -0.15) is 13.2 Å². The van der Waals surface area contributed by atoms with E-state index in [1.165, 1.54) is 18.2 Å². The topological polar surface area (TPSA) is 68.9 Å². The van der Waals surface area contributed by atoms with Crippen LogP contribution in [0.15, 0.2) is 53.3 Å². The lowest BCUT2D eigenvalue weighted by Gasteiger charge is -2.13. The molecule has 0 aliphatic heterocycles. The predicted octanol–water partition coefficient (Wildman–Crippen LogP) is 3.69. The Morgan fingerprint density at radius 3 is 2.45 bits per heavy atom. The zero-order chi connectivity index (χ0) is 22.2. The van der Waals surface area contributed by atoms with Crippen molar-refractivity contribution in [3.8, 4) is 11.4 Å². The van der Waals surface area contributed by atoms with Gasteiger partial charge in [-0.25, -0.2) is 9.48 Å². The standard InChI is InChI=1S/C22H21F3N4O2/c1-14-6-8-15(9-7-14)20-27-28(21(31)29(20)17-10-11-17)13-19(30)26-12-16-4-2-3-5-18(16)22(23,24)25/h2-9,17H,10-13H2,1H3,(H,26,30). The minimum atomic E-state index is -4.51. The van der Waals surface area contributed by atoms with Crippen molar-refractivity contribution >= 4 is 5.91 Å².